The van der Waals surface area contributed by atoms with Gasteiger partial charge in [0.2, 0.25) is 0 Å². The Bertz CT molecular complexity index is 1100. The zero-order valence-corrected chi connectivity index (χ0v) is 21.4. The molecule has 0 radical (unpaired) electrons. The first-order valence-electron chi connectivity index (χ1n) is 13.0. The van der Waals surface area contributed by atoms with Gasteiger partial charge in [0.05, 0.1) is 12.2 Å². The van der Waals surface area contributed by atoms with E-state index in [4.69, 9.17) is 14.9 Å². The van der Waals surface area contributed by atoms with Crippen molar-refractivity contribution in [3.63, 3.8) is 0 Å². The molecule has 6 nitrogen and oxygen atoms in total. The van der Waals surface area contributed by atoms with Crippen LogP contribution in [-0.2, 0) is 24.2 Å². The molecule has 0 amide bonds. The van der Waals surface area contributed by atoms with Crippen LogP contribution in [-0.4, -0.2) is 46.7 Å². The van der Waals surface area contributed by atoms with E-state index in [9.17, 15) is 9.59 Å². The zero-order valence-electron chi connectivity index (χ0n) is 21.4. The van der Waals surface area contributed by atoms with E-state index in [0.29, 0.717) is 19.6 Å². The van der Waals surface area contributed by atoms with Gasteiger partial charge in [-0.15, -0.1) is 0 Å². The maximum atomic E-state index is 11.2. The van der Waals surface area contributed by atoms with Crippen molar-refractivity contribution in [2.45, 2.75) is 51.5 Å². The van der Waals surface area contributed by atoms with Gasteiger partial charge in [-0.3, -0.25) is 9.69 Å². The third kappa shape index (κ3) is 10.5. The number of ether oxygens (including phenoxy) is 1. The van der Waals surface area contributed by atoms with Crippen molar-refractivity contribution in [1.82, 2.24) is 4.90 Å². The summed E-state index contributed by atoms with van der Waals surface area (Å²) >= 11 is 0. The summed E-state index contributed by atoms with van der Waals surface area (Å²) in [5.41, 5.74) is 3.81. The largest absolute Gasteiger partial charge is 0.493 e. The minimum Gasteiger partial charge on any atom is -0.493 e. The average molecular weight is 504 g/mol. The summed E-state index contributed by atoms with van der Waals surface area (Å²) in [6.45, 7) is 2.92. The molecule has 6 heteroatoms. The van der Waals surface area contributed by atoms with Crippen LogP contribution >= 0.6 is 0 Å². The van der Waals surface area contributed by atoms with Gasteiger partial charge in [-0.2, -0.15) is 0 Å². The lowest BCUT2D eigenvalue weighted by Gasteiger charge is -2.23. The number of hydrogen-bond acceptors (Lipinski definition) is 4. The number of carbonyl (C=O) groups is 2. The van der Waals surface area contributed by atoms with Gasteiger partial charge in [0.1, 0.15) is 5.75 Å². The average Bonchev–Trinajstić information content (AvgIpc) is 2.90. The number of benzene rings is 3. The molecule has 0 atom stereocenters. The van der Waals surface area contributed by atoms with Gasteiger partial charge in [-0.05, 0) is 80.0 Å². The molecule has 0 unspecified atom stereocenters. The predicted octanol–water partition coefficient (Wildman–Crippen LogP) is 6.09. The maximum absolute atomic E-state index is 11.2. The summed E-state index contributed by atoms with van der Waals surface area (Å²) in [4.78, 5) is 24.4. The molecule has 3 aromatic rings. The van der Waals surface area contributed by atoms with Crippen LogP contribution in [0.15, 0.2) is 78.9 Å². The summed E-state index contributed by atoms with van der Waals surface area (Å²) < 4.78 is 6.15. The topological polar surface area (TPSA) is 87.1 Å². The van der Waals surface area contributed by atoms with Crippen LogP contribution < -0.4 is 4.74 Å². The molecule has 0 fully saturated rings. The summed E-state index contributed by atoms with van der Waals surface area (Å²) in [6, 6.07) is 25.6. The molecule has 2 N–H and O–H groups in total. The first kappa shape index (κ1) is 27.9. The molecule has 3 rings (SSSR count). The highest BCUT2D eigenvalue weighted by Crippen LogP contribution is 2.20. The van der Waals surface area contributed by atoms with E-state index in [-0.39, 0.29) is 12.0 Å². The van der Waals surface area contributed by atoms with Crippen LogP contribution in [0.3, 0.4) is 0 Å². The molecule has 3 aromatic carbocycles. The lowest BCUT2D eigenvalue weighted by Crippen LogP contribution is -2.27. The predicted molar refractivity (Wildman–Crippen MR) is 145 cm³/mol. The van der Waals surface area contributed by atoms with E-state index in [2.05, 4.69) is 35.2 Å². The number of carboxylic acids is 2. The van der Waals surface area contributed by atoms with Crippen molar-refractivity contribution in [2.24, 2.45) is 0 Å². The lowest BCUT2D eigenvalue weighted by atomic mass is 10.1. The summed E-state index contributed by atoms with van der Waals surface area (Å²) in [6.07, 6.45) is 5.53. The van der Waals surface area contributed by atoms with Gasteiger partial charge in [0.25, 0.3) is 0 Å². The van der Waals surface area contributed by atoms with Crippen molar-refractivity contribution in [3.05, 3.63) is 101 Å². The Morgan fingerprint density at radius 3 is 2.16 bits per heavy atom. The maximum Gasteiger partial charge on any atom is 0.335 e. The Labute approximate surface area is 219 Å². The molecule has 0 aliphatic carbocycles. The second-order valence-electron chi connectivity index (χ2n) is 9.28. The molecular formula is C31H37NO5. The first-order chi connectivity index (χ1) is 18.0. The molecule has 0 saturated carbocycles. The van der Waals surface area contributed by atoms with Crippen molar-refractivity contribution in [3.8, 4) is 5.75 Å². The number of aromatic carboxylic acids is 1. The Hall–Kier alpha value is -3.64. The number of rotatable bonds is 17. The smallest absolute Gasteiger partial charge is 0.335 e. The molecular weight excluding hydrogens is 466 g/mol. The number of para-hydroxylation sites is 1. The van der Waals surface area contributed by atoms with Gasteiger partial charge in [-0.1, -0.05) is 60.7 Å². The number of aryl methyl sites for hydroxylation is 1. The summed E-state index contributed by atoms with van der Waals surface area (Å²) in [5.74, 6) is -0.793. The number of unbranched alkanes of at least 4 members (excludes halogenated alkanes) is 2. The number of aliphatic carboxylic acids is 1. The van der Waals surface area contributed by atoms with Crippen molar-refractivity contribution < 1.29 is 24.5 Å². The van der Waals surface area contributed by atoms with Gasteiger partial charge in [0, 0.05) is 19.5 Å². The fourth-order valence-electron chi connectivity index (χ4n) is 4.28. The van der Waals surface area contributed by atoms with Gasteiger partial charge in [-0.25, -0.2) is 4.79 Å². The molecule has 37 heavy (non-hydrogen) atoms. The number of hydrogen-bond donors (Lipinski definition) is 2. The van der Waals surface area contributed by atoms with E-state index in [1.165, 1.54) is 5.56 Å². The van der Waals surface area contributed by atoms with E-state index in [1.54, 1.807) is 12.1 Å². The van der Waals surface area contributed by atoms with Crippen LogP contribution in [0.25, 0.3) is 0 Å². The van der Waals surface area contributed by atoms with Crippen LogP contribution in [0, 0.1) is 0 Å². The van der Waals surface area contributed by atoms with Gasteiger partial charge in [0.15, 0.2) is 0 Å². The molecule has 0 aromatic heterocycles. The molecule has 0 aliphatic rings. The van der Waals surface area contributed by atoms with Crippen LogP contribution in [0.4, 0.5) is 0 Å². The molecule has 0 bridgehead atoms. The molecule has 196 valence electrons. The quantitative estimate of drug-likeness (QED) is 0.217. The van der Waals surface area contributed by atoms with Gasteiger partial charge >= 0.3 is 11.9 Å². The van der Waals surface area contributed by atoms with Crippen molar-refractivity contribution in [1.29, 1.82) is 0 Å². The third-order valence-corrected chi connectivity index (χ3v) is 6.35. The second-order valence-corrected chi connectivity index (χ2v) is 9.28. The van der Waals surface area contributed by atoms with E-state index < -0.39 is 11.9 Å². The van der Waals surface area contributed by atoms with Crippen LogP contribution in [0.1, 0.15) is 59.2 Å². The van der Waals surface area contributed by atoms with Crippen molar-refractivity contribution >= 4 is 11.9 Å². The standard InChI is InChI=1S/C31H37NO5/c33-30(34)15-6-8-21-32(24-26-16-18-28(19-17-26)31(35)36)22-20-27-13-4-5-14-29(27)37-23-9-7-12-25-10-2-1-3-11-25/h1-5,10-11,13-14,16-19H,6-9,12,15,20-24H2,(H,33,34)(H,35,36). The van der Waals surface area contributed by atoms with Crippen LogP contribution in [0.5, 0.6) is 5.75 Å². The molecule has 0 aliphatic heterocycles. The first-order valence-corrected chi connectivity index (χ1v) is 13.0. The highest BCUT2D eigenvalue weighted by atomic mass is 16.5. The molecule has 0 saturated heterocycles. The summed E-state index contributed by atoms with van der Waals surface area (Å²) in [7, 11) is 0. The minimum absolute atomic E-state index is 0.169. The fraction of sp³-hybridized carbons (Fsp3) is 0.355. The molecule has 0 heterocycles. The fourth-order valence-corrected chi connectivity index (χ4v) is 4.28. The lowest BCUT2D eigenvalue weighted by molar-refractivity contribution is -0.137. The van der Waals surface area contributed by atoms with Crippen LogP contribution in [0.2, 0.25) is 0 Å². The number of nitrogens with zero attached hydrogens (tertiary/aromatic N) is 1. The van der Waals surface area contributed by atoms with Gasteiger partial charge < -0.3 is 14.9 Å². The Morgan fingerprint density at radius 2 is 1.43 bits per heavy atom. The minimum atomic E-state index is -0.936. The molecule has 0 spiro atoms. The summed E-state index contributed by atoms with van der Waals surface area (Å²) in [5, 5.41) is 18.1. The second kappa shape index (κ2) is 15.5. The Kier molecular flexibility index (Phi) is 11.7. The highest BCUT2D eigenvalue weighted by molar-refractivity contribution is 5.87. The number of carboxylic acid groups (broad SMARTS) is 2. The SMILES string of the molecule is O=C(O)CCCCN(CCc1ccccc1OCCCCc1ccccc1)Cc1ccc(C(=O)O)cc1. The highest BCUT2D eigenvalue weighted by Gasteiger charge is 2.11. The van der Waals surface area contributed by atoms with E-state index >= 15 is 0 Å². The monoisotopic (exact) mass is 503 g/mol. The Morgan fingerprint density at radius 1 is 0.703 bits per heavy atom. The third-order valence-electron chi connectivity index (χ3n) is 6.35. The van der Waals surface area contributed by atoms with E-state index in [0.717, 1.165) is 62.1 Å². The Balaban J connectivity index is 1.53. The van der Waals surface area contributed by atoms with Crippen molar-refractivity contribution in [2.75, 3.05) is 19.7 Å². The normalized spacial score (nSPS) is 10.9. The zero-order chi connectivity index (χ0) is 26.3. The van der Waals surface area contributed by atoms with E-state index in [1.807, 2.05) is 36.4 Å².